The molecule has 0 saturated carbocycles. The molecular weight excluding hydrogens is 349 g/mol. The van der Waals surface area contributed by atoms with E-state index in [1.807, 2.05) is 22.6 Å². The molecule has 18 heavy (non-hydrogen) atoms. The molecule has 0 atom stereocenters. The number of benzene rings is 1. The van der Waals surface area contributed by atoms with Gasteiger partial charge in [-0.15, -0.1) is 0 Å². The molecule has 0 saturated heterocycles. The first-order valence-electron chi connectivity index (χ1n) is 4.65. The summed E-state index contributed by atoms with van der Waals surface area (Å²) in [7, 11) is 0. The number of imide groups is 1. The number of carbonyl (C=O) groups excluding carboxylic acids is 2. The number of nitrogens with two attached hydrogens (primary N) is 1. The Bertz CT molecular complexity index is 575. The molecule has 0 radical (unpaired) electrons. The fourth-order valence-corrected chi connectivity index (χ4v) is 1.65. The summed E-state index contributed by atoms with van der Waals surface area (Å²) >= 11 is 1.91. The summed E-state index contributed by atoms with van der Waals surface area (Å²) < 4.78 is 0.578. The standard InChI is InChI=1S/C11H8IN3O3/c12-8-4-6(1-2-9(8)16)3-7(5-13)10(17)15-11(14)18/h1-4,16H,(H3,14,15,17,18)/b7-3-. The van der Waals surface area contributed by atoms with E-state index in [0.717, 1.165) is 0 Å². The van der Waals surface area contributed by atoms with E-state index in [0.29, 0.717) is 9.13 Å². The Kier molecular flexibility index (Phi) is 4.67. The number of phenolic OH excluding ortho intramolecular Hbond substituents is 1. The SMILES string of the molecule is N#C/C(=C/c1ccc(O)c(I)c1)C(=O)NC(N)=O. The smallest absolute Gasteiger partial charge is 0.319 e. The summed E-state index contributed by atoms with van der Waals surface area (Å²) in [5.41, 5.74) is 5.08. The number of aromatic hydroxyl groups is 1. The van der Waals surface area contributed by atoms with Crippen molar-refractivity contribution in [2.45, 2.75) is 0 Å². The third kappa shape index (κ3) is 3.74. The van der Waals surface area contributed by atoms with Crippen LogP contribution in [0.15, 0.2) is 23.8 Å². The quantitative estimate of drug-likeness (QED) is 0.417. The predicted octanol–water partition coefficient (Wildman–Crippen LogP) is 1.10. The van der Waals surface area contributed by atoms with Crippen LogP contribution in [-0.2, 0) is 4.79 Å². The molecule has 7 heteroatoms. The minimum absolute atomic E-state index is 0.104. The number of urea groups is 1. The van der Waals surface area contributed by atoms with Gasteiger partial charge in [0, 0.05) is 0 Å². The Labute approximate surface area is 116 Å². The van der Waals surface area contributed by atoms with Gasteiger partial charge in [0.2, 0.25) is 0 Å². The van der Waals surface area contributed by atoms with Crippen molar-refractivity contribution in [2.24, 2.45) is 5.73 Å². The Balaban J connectivity index is 3.05. The van der Waals surface area contributed by atoms with Crippen LogP contribution in [0.25, 0.3) is 6.08 Å². The maximum Gasteiger partial charge on any atom is 0.319 e. The monoisotopic (exact) mass is 357 g/mol. The fraction of sp³-hybridized carbons (Fsp3) is 0. The topological polar surface area (TPSA) is 116 Å². The molecule has 92 valence electrons. The number of phenols is 1. The Morgan fingerprint density at radius 2 is 2.17 bits per heavy atom. The number of hydrogen-bond acceptors (Lipinski definition) is 4. The summed E-state index contributed by atoms with van der Waals surface area (Å²) in [6.45, 7) is 0. The van der Waals surface area contributed by atoms with E-state index in [-0.39, 0.29) is 11.3 Å². The highest BCUT2D eigenvalue weighted by Crippen LogP contribution is 2.21. The van der Waals surface area contributed by atoms with E-state index >= 15 is 0 Å². The first kappa shape index (κ1) is 14.0. The average molecular weight is 357 g/mol. The number of hydrogen-bond donors (Lipinski definition) is 3. The van der Waals surface area contributed by atoms with Gasteiger partial charge in [-0.1, -0.05) is 6.07 Å². The number of carbonyl (C=O) groups is 2. The molecule has 0 aliphatic carbocycles. The zero-order valence-electron chi connectivity index (χ0n) is 8.98. The lowest BCUT2D eigenvalue weighted by Gasteiger charge is -2.01. The van der Waals surface area contributed by atoms with Crippen molar-refractivity contribution in [3.8, 4) is 11.8 Å². The van der Waals surface area contributed by atoms with Crippen LogP contribution < -0.4 is 11.1 Å². The highest BCUT2D eigenvalue weighted by atomic mass is 127. The highest BCUT2D eigenvalue weighted by Gasteiger charge is 2.11. The van der Waals surface area contributed by atoms with Gasteiger partial charge >= 0.3 is 6.03 Å². The number of amides is 3. The molecule has 1 rings (SSSR count). The van der Waals surface area contributed by atoms with E-state index in [2.05, 4.69) is 0 Å². The van der Waals surface area contributed by atoms with Crippen LogP contribution in [0.5, 0.6) is 5.75 Å². The van der Waals surface area contributed by atoms with Gasteiger partial charge < -0.3 is 10.8 Å². The van der Waals surface area contributed by atoms with Crippen molar-refractivity contribution in [1.29, 1.82) is 5.26 Å². The molecule has 0 bridgehead atoms. The molecule has 1 aromatic carbocycles. The second-order valence-electron chi connectivity index (χ2n) is 3.20. The Morgan fingerprint density at radius 3 is 2.67 bits per heavy atom. The van der Waals surface area contributed by atoms with Crippen LogP contribution in [0.3, 0.4) is 0 Å². The summed E-state index contributed by atoms with van der Waals surface area (Å²) in [6.07, 6.45) is 1.29. The normalized spacial score (nSPS) is 10.6. The van der Waals surface area contributed by atoms with Gasteiger partial charge in [-0.2, -0.15) is 5.26 Å². The molecule has 4 N–H and O–H groups in total. The third-order valence-electron chi connectivity index (χ3n) is 1.88. The van der Waals surface area contributed by atoms with Crippen molar-refractivity contribution in [1.82, 2.24) is 5.32 Å². The lowest BCUT2D eigenvalue weighted by Crippen LogP contribution is -2.35. The lowest BCUT2D eigenvalue weighted by molar-refractivity contribution is -0.115. The Hall–Kier alpha value is -2.08. The number of nitrogens with zero attached hydrogens (tertiary/aromatic N) is 1. The molecule has 0 heterocycles. The van der Waals surface area contributed by atoms with Crippen molar-refractivity contribution in [3.63, 3.8) is 0 Å². The van der Waals surface area contributed by atoms with Crippen LogP contribution >= 0.6 is 22.6 Å². The first-order chi connectivity index (χ1) is 8.43. The van der Waals surface area contributed by atoms with Crippen LogP contribution in [0.1, 0.15) is 5.56 Å². The number of nitrogens with one attached hydrogen (secondary N) is 1. The maximum absolute atomic E-state index is 11.4. The van der Waals surface area contributed by atoms with Crippen molar-refractivity contribution < 1.29 is 14.7 Å². The zero-order valence-corrected chi connectivity index (χ0v) is 11.1. The lowest BCUT2D eigenvalue weighted by atomic mass is 10.1. The van der Waals surface area contributed by atoms with E-state index in [1.54, 1.807) is 17.5 Å². The second-order valence-corrected chi connectivity index (χ2v) is 4.36. The molecule has 0 aliphatic rings. The molecule has 0 aliphatic heterocycles. The van der Waals surface area contributed by atoms with Gasteiger partial charge in [0.25, 0.3) is 5.91 Å². The van der Waals surface area contributed by atoms with Gasteiger partial charge in [-0.05, 0) is 46.4 Å². The minimum atomic E-state index is -1.03. The van der Waals surface area contributed by atoms with E-state index in [9.17, 15) is 14.7 Å². The summed E-state index contributed by atoms with van der Waals surface area (Å²) in [5.74, 6) is -0.763. The van der Waals surface area contributed by atoms with Crippen molar-refractivity contribution in [2.75, 3.05) is 0 Å². The van der Waals surface area contributed by atoms with Gasteiger partial charge in [-0.3, -0.25) is 10.1 Å². The molecule has 1 aromatic rings. The van der Waals surface area contributed by atoms with Gasteiger partial charge in [0.15, 0.2) is 0 Å². The number of halogens is 1. The van der Waals surface area contributed by atoms with Crippen molar-refractivity contribution >= 4 is 40.6 Å². The summed E-state index contributed by atoms with van der Waals surface area (Å²) in [4.78, 5) is 21.9. The molecule has 6 nitrogen and oxygen atoms in total. The largest absolute Gasteiger partial charge is 0.507 e. The van der Waals surface area contributed by atoms with Crippen LogP contribution in [0, 0.1) is 14.9 Å². The van der Waals surface area contributed by atoms with Crippen LogP contribution in [0.2, 0.25) is 0 Å². The average Bonchev–Trinajstić information content (AvgIpc) is 2.29. The third-order valence-corrected chi connectivity index (χ3v) is 2.75. The van der Waals surface area contributed by atoms with Gasteiger partial charge in [-0.25, -0.2) is 4.79 Å². The molecule has 0 fully saturated rings. The zero-order chi connectivity index (χ0) is 13.7. The van der Waals surface area contributed by atoms with Gasteiger partial charge in [0.1, 0.15) is 17.4 Å². The minimum Gasteiger partial charge on any atom is -0.507 e. The number of rotatable bonds is 2. The fourth-order valence-electron chi connectivity index (χ4n) is 1.11. The number of primary amides is 1. The molecule has 0 spiro atoms. The summed E-state index contributed by atoms with van der Waals surface area (Å²) in [5, 5.41) is 19.9. The maximum atomic E-state index is 11.4. The van der Waals surface area contributed by atoms with E-state index < -0.39 is 11.9 Å². The first-order valence-corrected chi connectivity index (χ1v) is 5.73. The Morgan fingerprint density at radius 1 is 1.50 bits per heavy atom. The van der Waals surface area contributed by atoms with Crippen LogP contribution in [-0.4, -0.2) is 17.0 Å². The number of nitriles is 1. The second kappa shape index (κ2) is 6.02. The summed E-state index contributed by atoms with van der Waals surface area (Å²) in [6, 6.07) is 5.20. The highest BCUT2D eigenvalue weighted by molar-refractivity contribution is 14.1. The molecular formula is C11H8IN3O3. The molecule has 0 unspecified atom stereocenters. The molecule has 3 amide bonds. The molecule has 0 aromatic heterocycles. The van der Waals surface area contributed by atoms with Crippen LogP contribution in [0.4, 0.5) is 4.79 Å². The van der Waals surface area contributed by atoms with E-state index in [1.165, 1.54) is 18.2 Å². The van der Waals surface area contributed by atoms with E-state index in [4.69, 9.17) is 11.0 Å². The van der Waals surface area contributed by atoms with Crippen molar-refractivity contribution in [3.05, 3.63) is 32.9 Å². The van der Waals surface area contributed by atoms with Gasteiger partial charge in [0.05, 0.1) is 3.57 Å². The predicted molar refractivity (Wildman–Crippen MR) is 72.1 cm³/mol.